The Morgan fingerprint density at radius 3 is 3.00 bits per heavy atom. The van der Waals surface area contributed by atoms with E-state index < -0.39 is 0 Å². The van der Waals surface area contributed by atoms with E-state index in [2.05, 4.69) is 20.5 Å². The molecule has 0 aliphatic heterocycles. The third-order valence-corrected chi connectivity index (χ3v) is 2.56. The number of aromatic nitrogens is 3. The van der Waals surface area contributed by atoms with Crippen LogP contribution in [0.4, 0.5) is 6.01 Å². The van der Waals surface area contributed by atoms with E-state index in [1.807, 2.05) is 0 Å². The minimum Gasteiger partial charge on any atom is -0.408 e. The van der Waals surface area contributed by atoms with Crippen LogP contribution in [0.3, 0.4) is 0 Å². The maximum absolute atomic E-state index is 5.72. The van der Waals surface area contributed by atoms with Gasteiger partial charge in [-0.25, -0.2) is 4.98 Å². The van der Waals surface area contributed by atoms with Crippen molar-refractivity contribution >= 4 is 29.0 Å². The molecule has 0 unspecified atom stereocenters. The molecule has 0 amide bonds. The molecule has 7 heteroatoms. The lowest BCUT2D eigenvalue weighted by molar-refractivity contribution is 0.530. The minimum atomic E-state index is 0.397. The molecule has 2 aromatic heterocycles. The van der Waals surface area contributed by atoms with Crippen LogP contribution in [0.25, 0.3) is 0 Å². The first kappa shape index (κ1) is 9.42. The summed E-state index contributed by atoms with van der Waals surface area (Å²) in [6.07, 6.45) is 1.61. The van der Waals surface area contributed by atoms with Gasteiger partial charge in [-0.2, -0.15) is 0 Å². The molecule has 2 aromatic rings. The maximum atomic E-state index is 5.72. The summed E-state index contributed by atoms with van der Waals surface area (Å²) in [6, 6.07) is 0.397. The summed E-state index contributed by atoms with van der Waals surface area (Å²) in [5.41, 5.74) is 0. The van der Waals surface area contributed by atoms with Gasteiger partial charge in [-0.05, 0) is 0 Å². The highest BCUT2D eigenvalue weighted by molar-refractivity contribution is 7.15. The zero-order chi connectivity index (χ0) is 9.97. The SMILES string of the molecule is Cc1nnc(NCc2ncc(Cl)s2)o1. The molecular formula is C7H7ClN4OS. The zero-order valence-electron chi connectivity index (χ0n) is 7.32. The first-order chi connectivity index (χ1) is 6.74. The topological polar surface area (TPSA) is 63.8 Å². The highest BCUT2D eigenvalue weighted by Gasteiger charge is 2.03. The molecular weight excluding hydrogens is 224 g/mol. The number of aryl methyl sites for hydroxylation is 1. The van der Waals surface area contributed by atoms with E-state index in [0.717, 1.165) is 5.01 Å². The minimum absolute atomic E-state index is 0.397. The van der Waals surface area contributed by atoms with Crippen LogP contribution in [0.15, 0.2) is 10.6 Å². The fourth-order valence-electron chi connectivity index (χ4n) is 0.889. The summed E-state index contributed by atoms with van der Waals surface area (Å²) in [6.45, 7) is 2.28. The first-order valence-corrected chi connectivity index (χ1v) is 5.07. The molecule has 0 saturated heterocycles. The number of hydrogen-bond acceptors (Lipinski definition) is 6. The lowest BCUT2D eigenvalue weighted by Gasteiger charge is -1.95. The first-order valence-electron chi connectivity index (χ1n) is 3.88. The molecule has 0 spiro atoms. The Bertz CT molecular complexity index is 387. The molecule has 0 aliphatic rings. The van der Waals surface area contributed by atoms with Gasteiger partial charge in [0.1, 0.15) is 9.34 Å². The van der Waals surface area contributed by atoms with E-state index in [4.69, 9.17) is 16.0 Å². The Hall–Kier alpha value is -1.14. The monoisotopic (exact) mass is 230 g/mol. The summed E-state index contributed by atoms with van der Waals surface area (Å²) in [7, 11) is 0. The predicted molar refractivity (Wildman–Crippen MR) is 53.5 cm³/mol. The van der Waals surface area contributed by atoms with Crippen molar-refractivity contribution in [3.05, 3.63) is 21.4 Å². The summed E-state index contributed by atoms with van der Waals surface area (Å²) < 4.78 is 5.79. The van der Waals surface area contributed by atoms with Crippen LogP contribution in [-0.2, 0) is 6.54 Å². The molecule has 0 radical (unpaired) electrons. The molecule has 0 bridgehead atoms. The number of halogens is 1. The van der Waals surface area contributed by atoms with Gasteiger partial charge in [0.05, 0.1) is 12.7 Å². The smallest absolute Gasteiger partial charge is 0.315 e. The van der Waals surface area contributed by atoms with Crippen molar-refractivity contribution in [1.29, 1.82) is 0 Å². The Kier molecular flexibility index (Phi) is 2.64. The third kappa shape index (κ3) is 2.21. The Morgan fingerprint density at radius 1 is 1.57 bits per heavy atom. The number of hydrogen-bond donors (Lipinski definition) is 1. The molecule has 0 aromatic carbocycles. The van der Waals surface area contributed by atoms with Crippen LogP contribution < -0.4 is 5.32 Å². The van der Waals surface area contributed by atoms with Crippen molar-refractivity contribution in [2.75, 3.05) is 5.32 Å². The number of nitrogens with one attached hydrogen (secondary N) is 1. The van der Waals surface area contributed by atoms with E-state index >= 15 is 0 Å². The molecule has 14 heavy (non-hydrogen) atoms. The molecule has 2 rings (SSSR count). The Morgan fingerprint density at radius 2 is 2.43 bits per heavy atom. The van der Waals surface area contributed by atoms with Crippen LogP contribution in [0.5, 0.6) is 0 Å². The van der Waals surface area contributed by atoms with Gasteiger partial charge in [0.2, 0.25) is 5.89 Å². The average Bonchev–Trinajstić information content (AvgIpc) is 2.72. The van der Waals surface area contributed by atoms with Gasteiger partial charge in [-0.3, -0.25) is 0 Å². The largest absolute Gasteiger partial charge is 0.408 e. The second-order valence-electron chi connectivity index (χ2n) is 2.54. The van der Waals surface area contributed by atoms with Crippen molar-refractivity contribution in [1.82, 2.24) is 15.2 Å². The normalized spacial score (nSPS) is 10.4. The highest BCUT2D eigenvalue weighted by atomic mass is 35.5. The van der Waals surface area contributed by atoms with Gasteiger partial charge in [0.25, 0.3) is 0 Å². The van der Waals surface area contributed by atoms with Crippen molar-refractivity contribution in [2.45, 2.75) is 13.5 Å². The van der Waals surface area contributed by atoms with Gasteiger partial charge < -0.3 is 9.73 Å². The van der Waals surface area contributed by atoms with E-state index in [1.165, 1.54) is 11.3 Å². The van der Waals surface area contributed by atoms with Gasteiger partial charge in [-0.15, -0.1) is 16.4 Å². The summed E-state index contributed by atoms with van der Waals surface area (Å²) in [4.78, 5) is 4.07. The Labute approximate surface area is 89.1 Å². The van der Waals surface area contributed by atoms with Gasteiger partial charge in [-0.1, -0.05) is 16.7 Å². The van der Waals surface area contributed by atoms with Crippen LogP contribution in [0, 0.1) is 6.92 Å². The van der Waals surface area contributed by atoms with Crippen LogP contribution in [0.1, 0.15) is 10.9 Å². The van der Waals surface area contributed by atoms with Crippen molar-refractivity contribution in [2.24, 2.45) is 0 Å². The molecule has 1 N–H and O–H groups in total. The zero-order valence-corrected chi connectivity index (χ0v) is 8.89. The molecule has 0 fully saturated rings. The number of thiazole rings is 1. The average molecular weight is 231 g/mol. The molecule has 5 nitrogen and oxygen atoms in total. The second-order valence-corrected chi connectivity index (χ2v) is 4.28. The molecule has 0 aliphatic carbocycles. The fraction of sp³-hybridized carbons (Fsp3) is 0.286. The highest BCUT2D eigenvalue weighted by Crippen LogP contribution is 2.18. The van der Waals surface area contributed by atoms with E-state index in [1.54, 1.807) is 13.1 Å². The van der Waals surface area contributed by atoms with Gasteiger partial charge in [0, 0.05) is 6.92 Å². The van der Waals surface area contributed by atoms with E-state index in [-0.39, 0.29) is 0 Å². The van der Waals surface area contributed by atoms with Crippen molar-refractivity contribution < 1.29 is 4.42 Å². The summed E-state index contributed by atoms with van der Waals surface area (Å²) in [5.74, 6) is 0.532. The molecule has 74 valence electrons. The molecule has 0 atom stereocenters. The van der Waals surface area contributed by atoms with E-state index in [0.29, 0.717) is 22.8 Å². The van der Waals surface area contributed by atoms with Crippen molar-refractivity contribution in [3.63, 3.8) is 0 Å². The van der Waals surface area contributed by atoms with Crippen molar-refractivity contribution in [3.8, 4) is 0 Å². The quantitative estimate of drug-likeness (QED) is 0.875. The molecule has 0 saturated carbocycles. The lowest BCUT2D eigenvalue weighted by atomic mass is 10.7. The molecule has 2 heterocycles. The number of nitrogens with zero attached hydrogens (tertiary/aromatic N) is 3. The standard InChI is InChI=1S/C7H7ClN4OS/c1-4-11-12-7(13-4)10-3-6-9-2-5(8)14-6/h2H,3H2,1H3,(H,10,12). The van der Waals surface area contributed by atoms with Crippen LogP contribution in [-0.4, -0.2) is 15.2 Å². The summed E-state index contributed by atoms with van der Waals surface area (Å²) in [5, 5.41) is 11.3. The Balaban J connectivity index is 1.94. The predicted octanol–water partition coefficient (Wildman–Crippen LogP) is 2.10. The number of rotatable bonds is 3. The fourth-order valence-corrected chi connectivity index (χ4v) is 1.79. The number of anilines is 1. The van der Waals surface area contributed by atoms with E-state index in [9.17, 15) is 0 Å². The van der Waals surface area contributed by atoms with Crippen LogP contribution >= 0.6 is 22.9 Å². The lowest BCUT2D eigenvalue weighted by Crippen LogP contribution is -1.98. The van der Waals surface area contributed by atoms with Gasteiger partial charge in [0.15, 0.2) is 0 Å². The summed E-state index contributed by atoms with van der Waals surface area (Å²) >= 11 is 7.14. The van der Waals surface area contributed by atoms with Gasteiger partial charge >= 0.3 is 6.01 Å². The maximum Gasteiger partial charge on any atom is 0.315 e. The third-order valence-electron chi connectivity index (χ3n) is 1.44. The second kappa shape index (κ2) is 3.93. The van der Waals surface area contributed by atoms with Crippen LogP contribution in [0.2, 0.25) is 4.34 Å².